The molecule has 0 unspecified atom stereocenters. The van der Waals surface area contributed by atoms with Crippen LogP contribution in [0.15, 0.2) is 54.6 Å². The van der Waals surface area contributed by atoms with Gasteiger partial charge >= 0.3 is 6.61 Å². The normalized spacial score (nSPS) is 11.0. The molecular formula is C17H14F3NO2. The molecule has 6 heteroatoms. The van der Waals surface area contributed by atoms with Gasteiger partial charge in [0.25, 0.3) is 0 Å². The molecule has 0 saturated carbocycles. The monoisotopic (exact) mass is 321 g/mol. The van der Waals surface area contributed by atoms with Crippen LogP contribution in [0, 0.1) is 5.82 Å². The van der Waals surface area contributed by atoms with E-state index in [0.29, 0.717) is 11.1 Å². The second-order valence-corrected chi connectivity index (χ2v) is 4.59. The molecule has 0 radical (unpaired) electrons. The number of alkyl halides is 2. The molecule has 0 spiro atoms. The Morgan fingerprint density at radius 3 is 2.48 bits per heavy atom. The van der Waals surface area contributed by atoms with Crippen molar-refractivity contribution in [2.45, 2.75) is 13.2 Å². The molecule has 0 aliphatic heterocycles. The number of carbonyl (C=O) groups excluding carboxylic acids is 1. The number of carbonyl (C=O) groups is 1. The lowest BCUT2D eigenvalue weighted by atomic mass is 10.2. The predicted octanol–water partition coefficient (Wildman–Crippen LogP) is 3.76. The molecule has 1 amide bonds. The highest BCUT2D eigenvalue weighted by Gasteiger charge is 2.04. The van der Waals surface area contributed by atoms with Crippen LogP contribution < -0.4 is 10.1 Å². The van der Waals surface area contributed by atoms with Crippen LogP contribution in [0.5, 0.6) is 5.75 Å². The summed E-state index contributed by atoms with van der Waals surface area (Å²) in [6.45, 7) is -2.79. The highest BCUT2D eigenvalue weighted by atomic mass is 19.3. The Kier molecular flexibility index (Phi) is 5.80. The number of nitrogens with one attached hydrogen (secondary N) is 1. The largest absolute Gasteiger partial charge is 0.435 e. The summed E-state index contributed by atoms with van der Waals surface area (Å²) in [4.78, 5) is 11.7. The first-order valence-electron chi connectivity index (χ1n) is 6.79. The first-order chi connectivity index (χ1) is 11.0. The van der Waals surface area contributed by atoms with Crippen LogP contribution in [-0.2, 0) is 11.3 Å². The zero-order valence-electron chi connectivity index (χ0n) is 12.0. The molecule has 0 heterocycles. The van der Waals surface area contributed by atoms with E-state index in [1.165, 1.54) is 30.4 Å². The Morgan fingerprint density at radius 2 is 1.83 bits per heavy atom. The maximum absolute atomic E-state index is 13.4. The highest BCUT2D eigenvalue weighted by Crippen LogP contribution is 2.15. The topological polar surface area (TPSA) is 38.3 Å². The smallest absolute Gasteiger partial charge is 0.387 e. The number of ether oxygens (including phenoxy) is 1. The van der Waals surface area contributed by atoms with Crippen LogP contribution in [0.2, 0.25) is 0 Å². The number of benzene rings is 2. The van der Waals surface area contributed by atoms with Crippen LogP contribution in [0.1, 0.15) is 11.1 Å². The fraction of sp³-hybridized carbons (Fsp3) is 0.118. The van der Waals surface area contributed by atoms with E-state index in [2.05, 4.69) is 10.1 Å². The summed E-state index contributed by atoms with van der Waals surface area (Å²) in [7, 11) is 0. The molecule has 0 atom stereocenters. The SMILES string of the molecule is O=C(/C=C/c1ccc(OC(F)F)cc1)NCc1ccccc1F. The quantitative estimate of drug-likeness (QED) is 0.823. The zero-order chi connectivity index (χ0) is 16.7. The average molecular weight is 321 g/mol. The maximum Gasteiger partial charge on any atom is 0.387 e. The summed E-state index contributed by atoms with van der Waals surface area (Å²) in [5.41, 5.74) is 1.04. The molecule has 0 aliphatic carbocycles. The van der Waals surface area contributed by atoms with E-state index in [1.54, 1.807) is 30.3 Å². The molecule has 1 N–H and O–H groups in total. The van der Waals surface area contributed by atoms with Crippen LogP contribution in [0.4, 0.5) is 13.2 Å². The Morgan fingerprint density at radius 1 is 1.13 bits per heavy atom. The Balaban J connectivity index is 1.87. The molecule has 3 nitrogen and oxygen atoms in total. The number of halogens is 3. The van der Waals surface area contributed by atoms with Gasteiger partial charge in [-0.05, 0) is 29.8 Å². The third-order valence-electron chi connectivity index (χ3n) is 2.94. The van der Waals surface area contributed by atoms with E-state index in [0.717, 1.165) is 0 Å². The first-order valence-corrected chi connectivity index (χ1v) is 6.79. The fourth-order valence-electron chi connectivity index (χ4n) is 1.82. The Labute approximate surface area is 131 Å². The Hall–Kier alpha value is -2.76. The van der Waals surface area contributed by atoms with Gasteiger partial charge in [0.05, 0.1) is 0 Å². The van der Waals surface area contributed by atoms with Crippen LogP contribution in [-0.4, -0.2) is 12.5 Å². The minimum atomic E-state index is -2.87. The standard InChI is InChI=1S/C17H14F3NO2/c18-15-4-2-1-3-13(15)11-21-16(22)10-7-12-5-8-14(9-6-12)23-17(19)20/h1-10,17H,11H2,(H,21,22)/b10-7+. The van der Waals surface area contributed by atoms with E-state index < -0.39 is 6.61 Å². The van der Waals surface area contributed by atoms with Gasteiger partial charge in [0.1, 0.15) is 11.6 Å². The van der Waals surface area contributed by atoms with E-state index in [4.69, 9.17) is 0 Å². The molecule has 120 valence electrons. The third kappa shape index (κ3) is 5.50. The summed E-state index contributed by atoms with van der Waals surface area (Å²) in [6.07, 6.45) is 2.80. The summed E-state index contributed by atoms with van der Waals surface area (Å²) >= 11 is 0. The molecule has 0 fully saturated rings. The zero-order valence-corrected chi connectivity index (χ0v) is 12.0. The first kappa shape index (κ1) is 16.6. The van der Waals surface area contributed by atoms with Crippen molar-refractivity contribution in [1.82, 2.24) is 5.32 Å². The minimum Gasteiger partial charge on any atom is -0.435 e. The molecule has 2 aromatic carbocycles. The molecule has 2 aromatic rings. The second-order valence-electron chi connectivity index (χ2n) is 4.59. The lowest BCUT2D eigenvalue weighted by Gasteiger charge is -2.04. The van der Waals surface area contributed by atoms with Crippen molar-refractivity contribution in [2.24, 2.45) is 0 Å². The van der Waals surface area contributed by atoms with Gasteiger partial charge in [0.15, 0.2) is 0 Å². The summed E-state index contributed by atoms with van der Waals surface area (Å²) in [5, 5.41) is 2.56. The number of rotatable bonds is 6. The molecule has 0 aliphatic rings. The highest BCUT2D eigenvalue weighted by molar-refractivity contribution is 5.91. The minimum absolute atomic E-state index is 0.0427. The van der Waals surface area contributed by atoms with Crippen LogP contribution >= 0.6 is 0 Å². The van der Waals surface area contributed by atoms with Gasteiger partial charge in [0, 0.05) is 18.2 Å². The van der Waals surface area contributed by atoms with Crippen molar-refractivity contribution in [1.29, 1.82) is 0 Å². The Bertz CT molecular complexity index is 684. The van der Waals surface area contributed by atoms with Crippen molar-refractivity contribution in [3.8, 4) is 5.75 Å². The van der Waals surface area contributed by atoms with E-state index in [9.17, 15) is 18.0 Å². The van der Waals surface area contributed by atoms with E-state index in [1.807, 2.05) is 0 Å². The van der Waals surface area contributed by atoms with Crippen molar-refractivity contribution < 1.29 is 22.7 Å². The maximum atomic E-state index is 13.4. The average Bonchev–Trinajstić information content (AvgIpc) is 2.53. The molecule has 0 bridgehead atoms. The second kappa shape index (κ2) is 8.03. The fourth-order valence-corrected chi connectivity index (χ4v) is 1.82. The molecule has 2 rings (SSSR count). The molecule has 23 heavy (non-hydrogen) atoms. The van der Waals surface area contributed by atoms with Gasteiger partial charge in [-0.1, -0.05) is 30.3 Å². The van der Waals surface area contributed by atoms with E-state index >= 15 is 0 Å². The van der Waals surface area contributed by atoms with Crippen molar-refractivity contribution in [2.75, 3.05) is 0 Å². The molecule has 0 saturated heterocycles. The summed E-state index contributed by atoms with van der Waals surface area (Å²) in [6, 6.07) is 12.0. The lowest BCUT2D eigenvalue weighted by molar-refractivity contribution is -0.116. The number of hydrogen-bond acceptors (Lipinski definition) is 2. The molecule has 0 aromatic heterocycles. The van der Waals surface area contributed by atoms with Gasteiger partial charge < -0.3 is 10.1 Å². The third-order valence-corrected chi connectivity index (χ3v) is 2.94. The lowest BCUT2D eigenvalue weighted by Crippen LogP contribution is -2.20. The predicted molar refractivity (Wildman–Crippen MR) is 80.4 cm³/mol. The number of hydrogen-bond donors (Lipinski definition) is 1. The van der Waals surface area contributed by atoms with E-state index in [-0.39, 0.29) is 24.0 Å². The van der Waals surface area contributed by atoms with Gasteiger partial charge in [-0.2, -0.15) is 8.78 Å². The van der Waals surface area contributed by atoms with Gasteiger partial charge in [-0.25, -0.2) is 4.39 Å². The number of amides is 1. The van der Waals surface area contributed by atoms with Gasteiger partial charge in [-0.15, -0.1) is 0 Å². The summed E-state index contributed by atoms with van der Waals surface area (Å²) < 4.78 is 41.6. The van der Waals surface area contributed by atoms with Gasteiger partial charge in [0.2, 0.25) is 5.91 Å². The van der Waals surface area contributed by atoms with Crippen LogP contribution in [0.3, 0.4) is 0 Å². The summed E-state index contributed by atoms with van der Waals surface area (Å²) in [5.74, 6) is -0.728. The van der Waals surface area contributed by atoms with Gasteiger partial charge in [-0.3, -0.25) is 4.79 Å². The van der Waals surface area contributed by atoms with Crippen molar-refractivity contribution in [3.63, 3.8) is 0 Å². The van der Waals surface area contributed by atoms with Crippen molar-refractivity contribution >= 4 is 12.0 Å². The van der Waals surface area contributed by atoms with Crippen LogP contribution in [0.25, 0.3) is 6.08 Å². The van der Waals surface area contributed by atoms with Crippen molar-refractivity contribution in [3.05, 3.63) is 71.6 Å². The molecular weight excluding hydrogens is 307 g/mol.